The van der Waals surface area contributed by atoms with Gasteiger partial charge >= 0.3 is 0 Å². The van der Waals surface area contributed by atoms with E-state index in [0.29, 0.717) is 6.61 Å². The summed E-state index contributed by atoms with van der Waals surface area (Å²) in [5.74, 6) is 3.91. The van der Waals surface area contributed by atoms with Crippen molar-refractivity contribution in [2.24, 2.45) is 0 Å². The van der Waals surface area contributed by atoms with Gasteiger partial charge in [0.2, 0.25) is 0 Å². The van der Waals surface area contributed by atoms with Crippen LogP contribution in [-0.2, 0) is 11.3 Å². The summed E-state index contributed by atoms with van der Waals surface area (Å²) in [6.07, 6.45) is 1.05. The quantitative estimate of drug-likeness (QED) is 0.601. The Balaban J connectivity index is 2.46. The van der Waals surface area contributed by atoms with Crippen LogP contribution in [0.3, 0.4) is 0 Å². The van der Waals surface area contributed by atoms with Crippen LogP contribution in [0.1, 0.15) is 18.9 Å². The monoisotopic (exact) mass is 313 g/mol. The molecule has 0 aliphatic heterocycles. The van der Waals surface area contributed by atoms with Crippen molar-refractivity contribution in [3.63, 3.8) is 0 Å². The summed E-state index contributed by atoms with van der Waals surface area (Å²) in [6.45, 7) is 5.26. The lowest BCUT2D eigenvalue weighted by Gasteiger charge is -2.12. The van der Waals surface area contributed by atoms with E-state index >= 15 is 0 Å². The van der Waals surface area contributed by atoms with Crippen LogP contribution in [0.2, 0.25) is 0 Å². The smallest absolute Gasteiger partial charge is 0.161 e. The SMILES string of the molecule is CCSCCCOc1cc(CNCCOC)ccc1OC. The largest absolute Gasteiger partial charge is 0.493 e. The molecule has 0 radical (unpaired) electrons. The number of methoxy groups -OCH3 is 2. The third kappa shape index (κ3) is 7.60. The van der Waals surface area contributed by atoms with Crippen molar-refractivity contribution in [1.82, 2.24) is 5.32 Å². The van der Waals surface area contributed by atoms with Gasteiger partial charge in [-0.2, -0.15) is 11.8 Å². The maximum Gasteiger partial charge on any atom is 0.161 e. The van der Waals surface area contributed by atoms with E-state index in [1.54, 1.807) is 14.2 Å². The zero-order chi connectivity index (χ0) is 15.3. The summed E-state index contributed by atoms with van der Waals surface area (Å²) in [5.41, 5.74) is 1.19. The van der Waals surface area contributed by atoms with Crippen LogP contribution in [0, 0.1) is 0 Å². The number of benzene rings is 1. The molecular formula is C16H27NO3S. The highest BCUT2D eigenvalue weighted by Crippen LogP contribution is 2.28. The van der Waals surface area contributed by atoms with Crippen molar-refractivity contribution in [2.75, 3.05) is 45.5 Å². The van der Waals surface area contributed by atoms with E-state index in [1.807, 2.05) is 23.9 Å². The second kappa shape index (κ2) is 11.7. The van der Waals surface area contributed by atoms with E-state index in [9.17, 15) is 0 Å². The summed E-state index contributed by atoms with van der Waals surface area (Å²) < 4.78 is 16.2. The molecule has 0 atom stereocenters. The highest BCUT2D eigenvalue weighted by Gasteiger charge is 2.05. The average Bonchev–Trinajstić information content (AvgIpc) is 2.51. The summed E-state index contributed by atoms with van der Waals surface area (Å²) >= 11 is 1.94. The molecule has 1 aromatic rings. The molecule has 1 rings (SSSR count). The van der Waals surface area contributed by atoms with Crippen LogP contribution in [-0.4, -0.2) is 45.5 Å². The fourth-order valence-corrected chi connectivity index (χ4v) is 2.45. The molecule has 0 aromatic heterocycles. The maximum atomic E-state index is 5.85. The predicted octanol–water partition coefficient (Wildman–Crippen LogP) is 2.95. The molecule has 0 fully saturated rings. The molecule has 0 bridgehead atoms. The Morgan fingerprint density at radius 1 is 1.14 bits per heavy atom. The molecule has 1 N–H and O–H groups in total. The molecule has 1 aromatic carbocycles. The first-order valence-electron chi connectivity index (χ1n) is 7.39. The van der Waals surface area contributed by atoms with Gasteiger partial charge in [-0.05, 0) is 35.6 Å². The third-order valence-electron chi connectivity index (χ3n) is 2.93. The van der Waals surface area contributed by atoms with Gasteiger partial charge < -0.3 is 19.5 Å². The molecule has 0 aliphatic carbocycles. The zero-order valence-corrected chi connectivity index (χ0v) is 14.1. The summed E-state index contributed by atoms with van der Waals surface area (Å²) in [5, 5.41) is 3.33. The molecule has 0 heterocycles. The fourth-order valence-electron chi connectivity index (χ4n) is 1.84. The molecule has 0 saturated carbocycles. The van der Waals surface area contributed by atoms with Crippen LogP contribution < -0.4 is 14.8 Å². The molecule has 4 nitrogen and oxygen atoms in total. The Hall–Kier alpha value is -0.910. The first-order chi connectivity index (χ1) is 10.3. The highest BCUT2D eigenvalue weighted by atomic mass is 32.2. The number of rotatable bonds is 12. The van der Waals surface area contributed by atoms with Gasteiger partial charge in [-0.3, -0.25) is 0 Å². The predicted molar refractivity (Wildman–Crippen MR) is 89.7 cm³/mol. The van der Waals surface area contributed by atoms with E-state index in [1.165, 1.54) is 5.56 Å². The summed E-state index contributed by atoms with van der Waals surface area (Å²) in [7, 11) is 3.38. The van der Waals surface area contributed by atoms with Crippen LogP contribution in [0.4, 0.5) is 0 Å². The van der Waals surface area contributed by atoms with Crippen molar-refractivity contribution in [3.05, 3.63) is 23.8 Å². The Kier molecular flexibility index (Phi) is 10.1. The van der Waals surface area contributed by atoms with E-state index in [2.05, 4.69) is 18.3 Å². The number of thioether (sulfide) groups is 1. The third-order valence-corrected chi connectivity index (χ3v) is 3.92. The van der Waals surface area contributed by atoms with Gasteiger partial charge in [-0.25, -0.2) is 0 Å². The molecule has 0 amide bonds. The number of hydrogen-bond acceptors (Lipinski definition) is 5. The zero-order valence-electron chi connectivity index (χ0n) is 13.3. The fraction of sp³-hybridized carbons (Fsp3) is 0.625. The topological polar surface area (TPSA) is 39.7 Å². The minimum Gasteiger partial charge on any atom is -0.493 e. The molecule has 0 aliphatic rings. The molecule has 0 spiro atoms. The standard InChI is InChI=1S/C16H27NO3S/c1-4-21-11-5-9-20-16-12-14(6-7-15(16)19-3)13-17-8-10-18-2/h6-7,12,17H,4-5,8-11,13H2,1-3H3. The van der Waals surface area contributed by atoms with Crippen LogP contribution in [0.25, 0.3) is 0 Å². The number of hydrogen-bond donors (Lipinski definition) is 1. The minimum atomic E-state index is 0.717. The van der Waals surface area contributed by atoms with E-state index in [0.717, 1.165) is 49.1 Å². The Labute approximate surface area is 132 Å². The van der Waals surface area contributed by atoms with Crippen LogP contribution in [0.15, 0.2) is 18.2 Å². The van der Waals surface area contributed by atoms with Crippen molar-refractivity contribution >= 4 is 11.8 Å². The minimum absolute atomic E-state index is 0.717. The van der Waals surface area contributed by atoms with Crippen molar-refractivity contribution < 1.29 is 14.2 Å². The van der Waals surface area contributed by atoms with Gasteiger partial charge in [0, 0.05) is 20.2 Å². The summed E-state index contributed by atoms with van der Waals surface area (Å²) in [4.78, 5) is 0. The highest BCUT2D eigenvalue weighted by molar-refractivity contribution is 7.99. The van der Waals surface area contributed by atoms with Crippen LogP contribution >= 0.6 is 11.8 Å². The lowest BCUT2D eigenvalue weighted by Crippen LogP contribution is -2.18. The van der Waals surface area contributed by atoms with Gasteiger partial charge in [0.05, 0.1) is 20.3 Å². The van der Waals surface area contributed by atoms with E-state index in [-0.39, 0.29) is 0 Å². The van der Waals surface area contributed by atoms with Crippen molar-refractivity contribution in [3.8, 4) is 11.5 Å². The first kappa shape index (κ1) is 18.1. The lowest BCUT2D eigenvalue weighted by molar-refractivity contribution is 0.199. The maximum absolute atomic E-state index is 5.85. The average molecular weight is 313 g/mol. The Morgan fingerprint density at radius 2 is 2.00 bits per heavy atom. The second-order valence-corrected chi connectivity index (χ2v) is 5.95. The van der Waals surface area contributed by atoms with Gasteiger partial charge in [0.1, 0.15) is 0 Å². The second-order valence-electron chi connectivity index (χ2n) is 4.55. The van der Waals surface area contributed by atoms with Crippen LogP contribution in [0.5, 0.6) is 11.5 Å². The van der Waals surface area contributed by atoms with Gasteiger partial charge in [-0.15, -0.1) is 0 Å². The Morgan fingerprint density at radius 3 is 2.71 bits per heavy atom. The normalized spacial score (nSPS) is 10.6. The molecular weight excluding hydrogens is 286 g/mol. The van der Waals surface area contributed by atoms with E-state index < -0.39 is 0 Å². The first-order valence-corrected chi connectivity index (χ1v) is 8.54. The lowest BCUT2D eigenvalue weighted by atomic mass is 10.2. The Bertz CT molecular complexity index is 388. The number of ether oxygens (including phenoxy) is 3. The molecule has 21 heavy (non-hydrogen) atoms. The molecule has 0 saturated heterocycles. The molecule has 0 unspecified atom stereocenters. The van der Waals surface area contributed by atoms with Gasteiger partial charge in [-0.1, -0.05) is 13.0 Å². The molecule has 120 valence electrons. The van der Waals surface area contributed by atoms with Gasteiger partial charge in [0.15, 0.2) is 11.5 Å². The van der Waals surface area contributed by atoms with Crippen molar-refractivity contribution in [2.45, 2.75) is 19.9 Å². The van der Waals surface area contributed by atoms with E-state index in [4.69, 9.17) is 14.2 Å². The molecule has 5 heteroatoms. The van der Waals surface area contributed by atoms with Crippen molar-refractivity contribution in [1.29, 1.82) is 0 Å². The number of nitrogens with one attached hydrogen (secondary N) is 1. The van der Waals surface area contributed by atoms with Gasteiger partial charge in [0.25, 0.3) is 0 Å². The summed E-state index contributed by atoms with van der Waals surface area (Å²) in [6, 6.07) is 6.06.